The average molecular weight is 560 g/mol. The first-order valence-electron chi connectivity index (χ1n) is 10.5. The Morgan fingerprint density at radius 3 is 2.46 bits per heavy atom. The highest BCUT2D eigenvalue weighted by Gasteiger charge is 2.29. The molecule has 0 fully saturated rings. The zero-order chi connectivity index (χ0) is 27.8. The van der Waals surface area contributed by atoms with Gasteiger partial charge in [0.2, 0.25) is 11.5 Å². The molecule has 0 aliphatic rings. The van der Waals surface area contributed by atoms with E-state index in [2.05, 4.69) is 14.5 Å². The molecule has 1 aromatic heterocycles. The van der Waals surface area contributed by atoms with Crippen molar-refractivity contribution in [2.75, 3.05) is 12.3 Å². The number of hydrogen-bond acceptors (Lipinski definition) is 8. The second-order valence-electron chi connectivity index (χ2n) is 7.52. The molecule has 1 aromatic carbocycles. The highest BCUT2D eigenvalue weighted by molar-refractivity contribution is 8.17. The van der Waals surface area contributed by atoms with E-state index in [0.717, 1.165) is 18.2 Å². The predicted octanol–water partition coefficient (Wildman–Crippen LogP) is 4.05. The van der Waals surface area contributed by atoms with Gasteiger partial charge in [0.15, 0.2) is 0 Å². The number of amides is 1. The number of allylic oxidation sites excluding steroid dienone is 1. The highest BCUT2D eigenvalue weighted by Crippen LogP contribution is 2.37. The Kier molecular flexibility index (Phi) is 10.6. The summed E-state index contributed by atoms with van der Waals surface area (Å²) in [6.07, 6.45) is -0.242. The fourth-order valence-electron chi connectivity index (χ4n) is 2.88. The van der Waals surface area contributed by atoms with E-state index in [0.29, 0.717) is 35.1 Å². The largest absolute Gasteiger partial charge is 0.469 e. The van der Waals surface area contributed by atoms with E-state index in [4.69, 9.17) is 15.5 Å². The molecule has 0 radical (unpaired) electrons. The van der Waals surface area contributed by atoms with Gasteiger partial charge in [0.1, 0.15) is 11.6 Å². The number of carbonyl (C=O) groups excluding carboxylic acids is 2. The van der Waals surface area contributed by atoms with Gasteiger partial charge < -0.3 is 20.4 Å². The van der Waals surface area contributed by atoms with Crippen LogP contribution in [0.25, 0.3) is 6.08 Å². The fraction of sp³-hybridized carbons (Fsp3) is 0.273. The van der Waals surface area contributed by atoms with Crippen molar-refractivity contribution in [2.24, 2.45) is 0 Å². The molecule has 0 aliphatic heterocycles. The second kappa shape index (κ2) is 13.0. The molecule has 2 aromatic rings. The number of phosphoric ester groups is 1. The number of alkyl halides is 3. The number of halogens is 3. The highest BCUT2D eigenvalue weighted by atomic mass is 32.2. The third kappa shape index (κ3) is 10.1. The Morgan fingerprint density at radius 2 is 1.92 bits per heavy atom. The maximum Gasteiger partial charge on any atom is 0.469 e. The van der Waals surface area contributed by atoms with Crippen LogP contribution in [0.4, 0.5) is 19.0 Å². The van der Waals surface area contributed by atoms with E-state index < -0.39 is 31.3 Å². The van der Waals surface area contributed by atoms with Gasteiger partial charge in [-0.1, -0.05) is 18.2 Å². The summed E-state index contributed by atoms with van der Waals surface area (Å²) < 4.78 is 53.7. The summed E-state index contributed by atoms with van der Waals surface area (Å²) in [5.41, 5.74) is 6.12. The molecule has 0 atom stereocenters. The van der Waals surface area contributed by atoms with Gasteiger partial charge in [-0.2, -0.15) is 13.2 Å². The molecule has 15 heteroatoms. The zero-order valence-electron chi connectivity index (χ0n) is 19.7. The van der Waals surface area contributed by atoms with Gasteiger partial charge in [-0.15, -0.1) is 0 Å². The van der Waals surface area contributed by atoms with Crippen molar-refractivity contribution in [1.82, 2.24) is 14.9 Å². The normalized spacial score (nSPS) is 12.9. The standard InChI is InChI=1S/C22H24F3N4O6PS/c1-14(29(13-30)12-17-11-27-15(2)28-21(17)26)19(9-10-35-36(32,33)34)37-20(31)8-5-16-3-6-18(7-4-16)22(23,24)25/h3-8,11,13H,9-10,12H2,1-2H3,(H2,26,27,28)(H2,32,33,34)/b8-5+,19-14-. The van der Waals surface area contributed by atoms with Crippen molar-refractivity contribution >= 4 is 43.0 Å². The maximum atomic E-state index is 12.7. The van der Waals surface area contributed by atoms with Crippen LogP contribution in [-0.2, 0) is 31.4 Å². The number of rotatable bonds is 11. The molecule has 0 saturated carbocycles. The first-order valence-corrected chi connectivity index (χ1v) is 12.8. The first kappa shape index (κ1) is 30.2. The molecule has 1 amide bonds. The number of anilines is 1. The second-order valence-corrected chi connectivity index (χ2v) is 9.86. The summed E-state index contributed by atoms with van der Waals surface area (Å²) in [5.74, 6) is 0.587. The summed E-state index contributed by atoms with van der Waals surface area (Å²) in [6, 6.07) is 4.17. The summed E-state index contributed by atoms with van der Waals surface area (Å²) in [4.78, 5) is 51.9. The minimum atomic E-state index is -4.78. The van der Waals surface area contributed by atoms with E-state index in [1.54, 1.807) is 6.92 Å². The van der Waals surface area contributed by atoms with E-state index >= 15 is 0 Å². The molecule has 0 spiro atoms. The van der Waals surface area contributed by atoms with Crippen LogP contribution in [0.1, 0.15) is 35.9 Å². The third-order valence-corrected chi connectivity index (χ3v) is 6.39. The Labute approximate surface area is 214 Å². The van der Waals surface area contributed by atoms with Crippen molar-refractivity contribution < 1.29 is 41.6 Å². The van der Waals surface area contributed by atoms with Gasteiger partial charge in [0.05, 0.1) is 18.7 Å². The smallest absolute Gasteiger partial charge is 0.383 e. The number of phosphoric acid groups is 1. The predicted molar refractivity (Wildman–Crippen MR) is 131 cm³/mol. The van der Waals surface area contributed by atoms with Gasteiger partial charge in [-0.25, -0.2) is 14.5 Å². The zero-order valence-corrected chi connectivity index (χ0v) is 21.4. The van der Waals surface area contributed by atoms with Gasteiger partial charge in [0.25, 0.3) is 0 Å². The van der Waals surface area contributed by atoms with Crippen molar-refractivity contribution in [3.63, 3.8) is 0 Å². The van der Waals surface area contributed by atoms with Crippen LogP contribution in [0.2, 0.25) is 0 Å². The first-order chi connectivity index (χ1) is 17.2. The molecule has 1 heterocycles. The number of hydrogen-bond donors (Lipinski definition) is 3. The van der Waals surface area contributed by atoms with E-state index in [1.165, 1.54) is 36.2 Å². The molecule has 10 nitrogen and oxygen atoms in total. The lowest BCUT2D eigenvalue weighted by atomic mass is 10.1. The van der Waals surface area contributed by atoms with Crippen molar-refractivity contribution in [3.8, 4) is 0 Å². The van der Waals surface area contributed by atoms with Gasteiger partial charge in [-0.3, -0.25) is 14.1 Å². The number of nitrogens with two attached hydrogens (primary N) is 1. The molecule has 0 unspecified atom stereocenters. The molecule has 37 heavy (non-hydrogen) atoms. The lowest BCUT2D eigenvalue weighted by Gasteiger charge is -2.22. The Bertz CT molecular complexity index is 1230. The molecular formula is C22H24F3N4O6PS. The van der Waals surface area contributed by atoms with Gasteiger partial charge in [-0.05, 0) is 49.4 Å². The van der Waals surface area contributed by atoms with Crippen molar-refractivity contribution in [2.45, 2.75) is 33.0 Å². The third-order valence-electron chi connectivity index (χ3n) is 4.78. The molecular weight excluding hydrogens is 536 g/mol. The van der Waals surface area contributed by atoms with Gasteiger partial charge in [0, 0.05) is 28.8 Å². The summed E-state index contributed by atoms with van der Waals surface area (Å²) >= 11 is 0.669. The van der Waals surface area contributed by atoms with E-state index in [9.17, 15) is 27.3 Å². The Morgan fingerprint density at radius 1 is 1.27 bits per heavy atom. The summed E-state index contributed by atoms with van der Waals surface area (Å²) in [7, 11) is -4.78. The van der Waals surface area contributed by atoms with E-state index in [1.807, 2.05) is 0 Å². The van der Waals surface area contributed by atoms with Crippen molar-refractivity contribution in [3.05, 3.63) is 69.7 Å². The van der Waals surface area contributed by atoms with Crippen LogP contribution in [0.3, 0.4) is 0 Å². The minimum absolute atomic E-state index is 0.0412. The molecule has 0 saturated heterocycles. The molecule has 0 bridgehead atoms. The number of aromatic nitrogens is 2. The van der Waals surface area contributed by atoms with Crippen molar-refractivity contribution in [1.29, 1.82) is 0 Å². The molecule has 0 aliphatic carbocycles. The number of nitrogens with zero attached hydrogens (tertiary/aromatic N) is 3. The van der Waals surface area contributed by atoms with Gasteiger partial charge >= 0.3 is 14.0 Å². The van der Waals surface area contributed by atoms with Crippen LogP contribution >= 0.6 is 19.6 Å². The minimum Gasteiger partial charge on any atom is -0.383 e. The SMILES string of the molecule is C/C(=C(\CCOP(=O)(O)O)SC(=O)/C=C/c1ccc(C(F)(F)F)cc1)N(C=O)Cc1cnc(C)nc1N. The molecule has 2 rings (SSSR count). The van der Waals surface area contributed by atoms with Crippen LogP contribution in [-0.4, -0.2) is 42.8 Å². The average Bonchev–Trinajstić information content (AvgIpc) is 2.80. The monoisotopic (exact) mass is 560 g/mol. The number of nitrogen functional groups attached to an aromatic ring is 1. The number of benzene rings is 1. The topological polar surface area (TPSA) is 156 Å². The van der Waals surface area contributed by atoms with Crippen LogP contribution in [0.15, 0.2) is 47.1 Å². The number of carbonyl (C=O) groups is 2. The van der Waals surface area contributed by atoms with E-state index in [-0.39, 0.29) is 29.4 Å². The maximum absolute atomic E-state index is 12.7. The van der Waals surface area contributed by atoms with Crippen LogP contribution in [0, 0.1) is 6.92 Å². The summed E-state index contributed by atoms with van der Waals surface area (Å²) in [5, 5.41) is -0.547. The van der Waals surface area contributed by atoms with Crippen LogP contribution in [0.5, 0.6) is 0 Å². The number of thioether (sulfide) groups is 1. The van der Waals surface area contributed by atoms with Crippen LogP contribution < -0.4 is 5.73 Å². The molecule has 4 N–H and O–H groups in total. The Hall–Kier alpha value is -3.03. The summed E-state index contributed by atoms with van der Waals surface area (Å²) in [6.45, 7) is 2.66. The quantitative estimate of drug-likeness (QED) is 0.208. The lowest BCUT2D eigenvalue weighted by molar-refractivity contribution is -0.137. The number of aryl methyl sites for hydroxylation is 1. The molecule has 200 valence electrons. The lowest BCUT2D eigenvalue weighted by Crippen LogP contribution is -2.22. The Balaban J connectivity index is 2.25. The fourth-order valence-corrected chi connectivity index (χ4v) is 4.04.